The first-order valence-electron chi connectivity index (χ1n) is 7.73. The average molecular weight is 281 g/mol. The Kier molecular flexibility index (Phi) is 5.16. The quantitative estimate of drug-likeness (QED) is 0.831. The predicted octanol–water partition coefficient (Wildman–Crippen LogP) is 2.40. The van der Waals surface area contributed by atoms with Gasteiger partial charge in [-0.1, -0.05) is 25.4 Å². The van der Waals surface area contributed by atoms with Crippen molar-refractivity contribution in [3.63, 3.8) is 0 Å². The Balaban J connectivity index is 1.96. The molecule has 0 saturated heterocycles. The molecule has 1 saturated carbocycles. The van der Waals surface area contributed by atoms with Crippen LogP contribution in [0, 0.1) is 5.92 Å². The standard InChI is InChI=1S/C15H27N3O2/c1-4-5-6-13-16-14(20-17-13)10-18(3)15(11-19)8-7-12(2)9-15/h12,19H,4-11H2,1-3H3. The van der Waals surface area contributed by atoms with Gasteiger partial charge in [-0.3, -0.25) is 4.90 Å². The Labute approximate surface area is 121 Å². The van der Waals surface area contributed by atoms with Crippen molar-refractivity contribution in [3.05, 3.63) is 11.7 Å². The van der Waals surface area contributed by atoms with Crippen LogP contribution in [-0.2, 0) is 13.0 Å². The second kappa shape index (κ2) is 6.68. The minimum atomic E-state index is -0.114. The molecule has 0 radical (unpaired) electrons. The summed E-state index contributed by atoms with van der Waals surface area (Å²) in [6.45, 7) is 5.22. The number of aliphatic hydroxyl groups excluding tert-OH is 1. The third kappa shape index (κ3) is 3.38. The van der Waals surface area contributed by atoms with Crippen molar-refractivity contribution in [2.45, 2.75) is 64.5 Å². The van der Waals surface area contributed by atoms with Crippen molar-refractivity contribution in [2.24, 2.45) is 5.92 Å². The van der Waals surface area contributed by atoms with Crippen molar-refractivity contribution in [1.82, 2.24) is 15.0 Å². The highest BCUT2D eigenvalue weighted by molar-refractivity contribution is 4.97. The van der Waals surface area contributed by atoms with E-state index in [9.17, 15) is 5.11 Å². The topological polar surface area (TPSA) is 62.4 Å². The first kappa shape index (κ1) is 15.4. The maximum atomic E-state index is 9.80. The van der Waals surface area contributed by atoms with E-state index in [-0.39, 0.29) is 12.1 Å². The van der Waals surface area contributed by atoms with E-state index >= 15 is 0 Å². The zero-order chi connectivity index (χ0) is 14.6. The summed E-state index contributed by atoms with van der Waals surface area (Å²) in [5, 5.41) is 13.8. The molecule has 1 aromatic heterocycles. The van der Waals surface area contributed by atoms with Crippen molar-refractivity contribution in [2.75, 3.05) is 13.7 Å². The van der Waals surface area contributed by atoms with Crippen LogP contribution in [-0.4, -0.2) is 39.3 Å². The first-order valence-corrected chi connectivity index (χ1v) is 7.73. The van der Waals surface area contributed by atoms with Gasteiger partial charge >= 0.3 is 0 Å². The molecule has 5 nitrogen and oxygen atoms in total. The smallest absolute Gasteiger partial charge is 0.240 e. The summed E-state index contributed by atoms with van der Waals surface area (Å²) in [6, 6.07) is 0. The number of unbranched alkanes of at least 4 members (excludes halogenated alkanes) is 1. The molecule has 1 aliphatic rings. The molecule has 5 heteroatoms. The lowest BCUT2D eigenvalue weighted by molar-refractivity contribution is 0.0388. The van der Waals surface area contributed by atoms with Crippen molar-refractivity contribution < 1.29 is 9.63 Å². The van der Waals surface area contributed by atoms with Crippen LogP contribution >= 0.6 is 0 Å². The number of nitrogens with zero attached hydrogens (tertiary/aromatic N) is 3. The van der Waals surface area contributed by atoms with E-state index in [4.69, 9.17) is 4.52 Å². The Bertz CT molecular complexity index is 421. The van der Waals surface area contributed by atoms with E-state index in [0.717, 1.165) is 37.9 Å². The van der Waals surface area contributed by atoms with Gasteiger partial charge in [-0.25, -0.2) is 0 Å². The average Bonchev–Trinajstić information content (AvgIpc) is 3.04. The molecule has 2 atom stereocenters. The number of hydrogen-bond acceptors (Lipinski definition) is 5. The van der Waals surface area contributed by atoms with E-state index in [1.165, 1.54) is 6.42 Å². The second-order valence-electron chi connectivity index (χ2n) is 6.29. The molecule has 114 valence electrons. The molecule has 1 aliphatic carbocycles. The summed E-state index contributed by atoms with van der Waals surface area (Å²) in [5.74, 6) is 2.13. The second-order valence-corrected chi connectivity index (χ2v) is 6.29. The van der Waals surface area contributed by atoms with Gasteiger partial charge in [0.05, 0.1) is 13.2 Å². The van der Waals surface area contributed by atoms with E-state index in [0.29, 0.717) is 18.4 Å². The van der Waals surface area contributed by atoms with Crippen molar-refractivity contribution >= 4 is 0 Å². The van der Waals surface area contributed by atoms with Gasteiger partial charge in [0.1, 0.15) is 0 Å². The van der Waals surface area contributed by atoms with Crippen LogP contribution in [0.5, 0.6) is 0 Å². The van der Waals surface area contributed by atoms with Gasteiger partial charge in [0.25, 0.3) is 0 Å². The SMILES string of the molecule is CCCCc1noc(CN(C)C2(CO)CCC(C)C2)n1. The highest BCUT2D eigenvalue weighted by Crippen LogP contribution is 2.38. The van der Waals surface area contributed by atoms with Crippen molar-refractivity contribution in [3.8, 4) is 0 Å². The summed E-state index contributed by atoms with van der Waals surface area (Å²) in [7, 11) is 2.05. The van der Waals surface area contributed by atoms with Gasteiger partial charge in [0, 0.05) is 12.0 Å². The monoisotopic (exact) mass is 281 g/mol. The lowest BCUT2D eigenvalue weighted by Gasteiger charge is -2.36. The Morgan fingerprint density at radius 3 is 2.90 bits per heavy atom. The Hall–Kier alpha value is -0.940. The fraction of sp³-hybridized carbons (Fsp3) is 0.867. The molecule has 20 heavy (non-hydrogen) atoms. The molecule has 1 fully saturated rings. The number of aryl methyl sites for hydroxylation is 1. The molecule has 1 aromatic rings. The van der Waals surface area contributed by atoms with Gasteiger partial charge in [-0.15, -0.1) is 0 Å². The zero-order valence-corrected chi connectivity index (χ0v) is 12.9. The van der Waals surface area contributed by atoms with Gasteiger partial charge < -0.3 is 9.63 Å². The molecule has 2 rings (SSSR count). The summed E-state index contributed by atoms with van der Waals surface area (Å²) in [5.41, 5.74) is -0.114. The molecule has 1 heterocycles. The molecule has 1 N–H and O–H groups in total. The van der Waals surface area contributed by atoms with Gasteiger partial charge in [-0.05, 0) is 38.6 Å². The maximum absolute atomic E-state index is 9.80. The number of hydrogen-bond donors (Lipinski definition) is 1. The minimum Gasteiger partial charge on any atom is -0.394 e. The zero-order valence-electron chi connectivity index (χ0n) is 12.9. The summed E-state index contributed by atoms with van der Waals surface area (Å²) < 4.78 is 5.32. The third-order valence-electron chi connectivity index (χ3n) is 4.57. The lowest BCUT2D eigenvalue weighted by Crippen LogP contribution is -2.47. The third-order valence-corrected chi connectivity index (χ3v) is 4.57. The summed E-state index contributed by atoms with van der Waals surface area (Å²) >= 11 is 0. The van der Waals surface area contributed by atoms with Gasteiger partial charge in [0.15, 0.2) is 5.82 Å². The molecule has 2 unspecified atom stereocenters. The van der Waals surface area contributed by atoms with E-state index in [1.807, 2.05) is 7.05 Å². The first-order chi connectivity index (χ1) is 9.59. The molecule has 0 amide bonds. The fourth-order valence-electron chi connectivity index (χ4n) is 3.14. The van der Waals surface area contributed by atoms with Crippen molar-refractivity contribution in [1.29, 1.82) is 0 Å². The summed E-state index contributed by atoms with van der Waals surface area (Å²) in [6.07, 6.45) is 6.36. The van der Waals surface area contributed by atoms with Crippen LogP contribution in [0.4, 0.5) is 0 Å². The fourth-order valence-corrected chi connectivity index (χ4v) is 3.14. The largest absolute Gasteiger partial charge is 0.394 e. The lowest BCUT2D eigenvalue weighted by atomic mass is 9.95. The molecule has 0 spiro atoms. The number of aliphatic hydroxyl groups is 1. The van der Waals surface area contributed by atoms with Crippen LogP contribution in [0.25, 0.3) is 0 Å². The summed E-state index contributed by atoms with van der Waals surface area (Å²) in [4.78, 5) is 6.63. The highest BCUT2D eigenvalue weighted by atomic mass is 16.5. The highest BCUT2D eigenvalue weighted by Gasteiger charge is 2.40. The van der Waals surface area contributed by atoms with Crippen LogP contribution < -0.4 is 0 Å². The van der Waals surface area contributed by atoms with Crippen LogP contribution in [0.1, 0.15) is 57.7 Å². The van der Waals surface area contributed by atoms with E-state index < -0.39 is 0 Å². The number of aromatic nitrogens is 2. The van der Waals surface area contributed by atoms with Crippen LogP contribution in [0.15, 0.2) is 4.52 Å². The van der Waals surface area contributed by atoms with Crippen LogP contribution in [0.2, 0.25) is 0 Å². The molecular formula is C15H27N3O2. The minimum absolute atomic E-state index is 0.114. The van der Waals surface area contributed by atoms with E-state index in [1.54, 1.807) is 0 Å². The van der Waals surface area contributed by atoms with Gasteiger partial charge in [0.2, 0.25) is 5.89 Å². The molecule has 0 aromatic carbocycles. The molecular weight excluding hydrogens is 254 g/mol. The number of rotatable bonds is 7. The van der Waals surface area contributed by atoms with Gasteiger partial charge in [-0.2, -0.15) is 4.98 Å². The number of likely N-dealkylation sites (N-methyl/N-ethyl adjacent to an activating group) is 1. The Morgan fingerprint density at radius 1 is 1.50 bits per heavy atom. The maximum Gasteiger partial charge on any atom is 0.240 e. The Morgan fingerprint density at radius 2 is 2.30 bits per heavy atom. The molecule has 0 aliphatic heterocycles. The molecule has 0 bridgehead atoms. The normalized spacial score (nSPS) is 26.6. The predicted molar refractivity (Wildman–Crippen MR) is 77.2 cm³/mol. The van der Waals surface area contributed by atoms with E-state index in [2.05, 4.69) is 28.9 Å². The van der Waals surface area contributed by atoms with Crippen LogP contribution in [0.3, 0.4) is 0 Å².